The standard InChI is InChI=1S/C17H18S/c1-13(2)16-8-5-7-15(11-16)12-18-17-9-4-6-14(3)10-17/h4-11H,1,12H2,2-3H3. The van der Waals surface area contributed by atoms with Gasteiger partial charge in [0.15, 0.2) is 0 Å². The van der Waals surface area contributed by atoms with Gasteiger partial charge in [0.2, 0.25) is 0 Å². The van der Waals surface area contributed by atoms with E-state index < -0.39 is 0 Å². The number of allylic oxidation sites excluding steroid dienone is 1. The van der Waals surface area contributed by atoms with Crippen LogP contribution in [-0.4, -0.2) is 0 Å². The highest BCUT2D eigenvalue weighted by molar-refractivity contribution is 7.98. The third-order valence-electron chi connectivity index (χ3n) is 2.81. The predicted molar refractivity (Wildman–Crippen MR) is 81.9 cm³/mol. The highest BCUT2D eigenvalue weighted by Crippen LogP contribution is 2.24. The molecule has 0 radical (unpaired) electrons. The van der Waals surface area contributed by atoms with E-state index in [0.717, 1.165) is 11.3 Å². The second-order valence-electron chi connectivity index (χ2n) is 4.59. The summed E-state index contributed by atoms with van der Waals surface area (Å²) in [5.74, 6) is 1.00. The first-order valence-electron chi connectivity index (χ1n) is 6.09. The molecule has 0 fully saturated rings. The molecule has 2 aromatic rings. The summed E-state index contributed by atoms with van der Waals surface area (Å²) >= 11 is 1.88. The second kappa shape index (κ2) is 5.92. The molecule has 0 bridgehead atoms. The minimum Gasteiger partial charge on any atom is -0.121 e. The van der Waals surface area contributed by atoms with Gasteiger partial charge >= 0.3 is 0 Å². The Bertz CT molecular complexity index is 555. The molecular weight excluding hydrogens is 236 g/mol. The molecule has 0 aromatic heterocycles. The van der Waals surface area contributed by atoms with E-state index in [-0.39, 0.29) is 0 Å². The van der Waals surface area contributed by atoms with Crippen molar-refractivity contribution >= 4 is 17.3 Å². The van der Waals surface area contributed by atoms with Crippen molar-refractivity contribution in [3.05, 3.63) is 71.8 Å². The lowest BCUT2D eigenvalue weighted by atomic mass is 10.1. The number of thioether (sulfide) groups is 1. The van der Waals surface area contributed by atoms with E-state index in [4.69, 9.17) is 0 Å². The molecule has 0 heterocycles. The van der Waals surface area contributed by atoms with Gasteiger partial charge in [0, 0.05) is 10.6 Å². The van der Waals surface area contributed by atoms with Crippen LogP contribution in [0, 0.1) is 6.92 Å². The summed E-state index contributed by atoms with van der Waals surface area (Å²) in [6, 6.07) is 17.3. The van der Waals surface area contributed by atoms with Crippen molar-refractivity contribution in [1.82, 2.24) is 0 Å². The van der Waals surface area contributed by atoms with Crippen LogP contribution in [0.2, 0.25) is 0 Å². The molecule has 18 heavy (non-hydrogen) atoms. The lowest BCUT2D eigenvalue weighted by molar-refractivity contribution is 1.33. The van der Waals surface area contributed by atoms with Crippen molar-refractivity contribution in [1.29, 1.82) is 0 Å². The Balaban J connectivity index is 2.06. The van der Waals surface area contributed by atoms with Gasteiger partial charge in [-0.3, -0.25) is 0 Å². The van der Waals surface area contributed by atoms with Gasteiger partial charge in [-0.15, -0.1) is 11.8 Å². The van der Waals surface area contributed by atoms with Crippen molar-refractivity contribution in [3.8, 4) is 0 Å². The predicted octanol–water partition coefficient (Wildman–Crippen LogP) is 5.32. The Morgan fingerprint density at radius 2 is 1.89 bits per heavy atom. The van der Waals surface area contributed by atoms with Crippen LogP contribution in [0.15, 0.2) is 60.0 Å². The minimum absolute atomic E-state index is 1.00. The molecule has 0 aliphatic carbocycles. The van der Waals surface area contributed by atoms with E-state index in [1.807, 2.05) is 18.7 Å². The van der Waals surface area contributed by atoms with Gasteiger partial charge in [-0.05, 0) is 37.1 Å². The first-order chi connectivity index (χ1) is 8.65. The number of aryl methyl sites for hydroxylation is 1. The average Bonchev–Trinajstić information content (AvgIpc) is 2.37. The monoisotopic (exact) mass is 254 g/mol. The lowest BCUT2D eigenvalue weighted by Crippen LogP contribution is -1.84. The zero-order valence-electron chi connectivity index (χ0n) is 10.9. The Hall–Kier alpha value is -1.47. The van der Waals surface area contributed by atoms with Crippen LogP contribution >= 0.6 is 11.8 Å². The molecule has 0 amide bonds. The molecule has 1 heteroatoms. The maximum absolute atomic E-state index is 3.99. The van der Waals surface area contributed by atoms with E-state index >= 15 is 0 Å². The highest BCUT2D eigenvalue weighted by atomic mass is 32.2. The van der Waals surface area contributed by atoms with Gasteiger partial charge in [0.1, 0.15) is 0 Å². The number of hydrogen-bond donors (Lipinski definition) is 0. The summed E-state index contributed by atoms with van der Waals surface area (Å²) in [6.07, 6.45) is 0. The maximum Gasteiger partial charge on any atom is 0.0232 e. The van der Waals surface area contributed by atoms with E-state index in [0.29, 0.717) is 0 Å². The Kier molecular flexibility index (Phi) is 4.27. The molecular formula is C17H18S. The molecule has 2 aromatic carbocycles. The average molecular weight is 254 g/mol. The van der Waals surface area contributed by atoms with Gasteiger partial charge in [0.25, 0.3) is 0 Å². The minimum atomic E-state index is 1.00. The zero-order valence-corrected chi connectivity index (χ0v) is 11.8. The normalized spacial score (nSPS) is 10.3. The van der Waals surface area contributed by atoms with Crippen molar-refractivity contribution in [2.24, 2.45) is 0 Å². The van der Waals surface area contributed by atoms with Gasteiger partial charge in [-0.1, -0.05) is 54.1 Å². The second-order valence-corrected chi connectivity index (χ2v) is 5.63. The molecule has 0 unspecified atom stereocenters. The van der Waals surface area contributed by atoms with E-state index in [9.17, 15) is 0 Å². The quantitative estimate of drug-likeness (QED) is 0.665. The molecule has 0 atom stereocenters. The largest absolute Gasteiger partial charge is 0.121 e. The van der Waals surface area contributed by atoms with Crippen molar-refractivity contribution < 1.29 is 0 Å². The third kappa shape index (κ3) is 3.51. The van der Waals surface area contributed by atoms with Crippen LogP contribution in [0.4, 0.5) is 0 Å². The zero-order chi connectivity index (χ0) is 13.0. The van der Waals surface area contributed by atoms with Crippen LogP contribution in [0.25, 0.3) is 5.57 Å². The summed E-state index contributed by atoms with van der Waals surface area (Å²) in [5, 5.41) is 0. The summed E-state index contributed by atoms with van der Waals surface area (Å²) in [5.41, 5.74) is 5.02. The summed E-state index contributed by atoms with van der Waals surface area (Å²) in [4.78, 5) is 1.33. The van der Waals surface area contributed by atoms with E-state index in [1.165, 1.54) is 21.6 Å². The number of rotatable bonds is 4. The fourth-order valence-corrected chi connectivity index (χ4v) is 2.76. The summed E-state index contributed by atoms with van der Waals surface area (Å²) < 4.78 is 0. The fourth-order valence-electron chi connectivity index (χ4n) is 1.80. The van der Waals surface area contributed by atoms with Crippen LogP contribution in [0.1, 0.15) is 23.6 Å². The first-order valence-corrected chi connectivity index (χ1v) is 7.08. The van der Waals surface area contributed by atoms with Crippen molar-refractivity contribution in [3.63, 3.8) is 0 Å². The summed E-state index contributed by atoms with van der Waals surface area (Å²) in [6.45, 7) is 8.17. The van der Waals surface area contributed by atoms with Crippen LogP contribution < -0.4 is 0 Å². The molecule has 0 spiro atoms. The lowest BCUT2D eigenvalue weighted by Gasteiger charge is -2.05. The number of benzene rings is 2. The molecule has 0 aliphatic rings. The van der Waals surface area contributed by atoms with Gasteiger partial charge in [-0.25, -0.2) is 0 Å². The SMILES string of the molecule is C=C(C)c1cccc(CSc2cccc(C)c2)c1. The Morgan fingerprint density at radius 1 is 1.11 bits per heavy atom. The van der Waals surface area contributed by atoms with Crippen LogP contribution in [-0.2, 0) is 5.75 Å². The molecule has 0 saturated carbocycles. The summed E-state index contributed by atoms with van der Waals surface area (Å²) in [7, 11) is 0. The Labute approximate surface area is 114 Å². The molecule has 2 rings (SSSR count). The van der Waals surface area contributed by atoms with Crippen LogP contribution in [0.5, 0.6) is 0 Å². The van der Waals surface area contributed by atoms with E-state index in [2.05, 4.69) is 62.0 Å². The van der Waals surface area contributed by atoms with Gasteiger partial charge in [-0.2, -0.15) is 0 Å². The third-order valence-corrected chi connectivity index (χ3v) is 3.88. The van der Waals surface area contributed by atoms with Gasteiger partial charge in [0.05, 0.1) is 0 Å². The molecule has 92 valence electrons. The van der Waals surface area contributed by atoms with E-state index in [1.54, 1.807) is 0 Å². The number of hydrogen-bond acceptors (Lipinski definition) is 1. The van der Waals surface area contributed by atoms with Crippen molar-refractivity contribution in [2.45, 2.75) is 24.5 Å². The maximum atomic E-state index is 3.99. The molecule has 0 saturated heterocycles. The fraction of sp³-hybridized carbons (Fsp3) is 0.176. The smallest absolute Gasteiger partial charge is 0.0232 e. The van der Waals surface area contributed by atoms with Crippen molar-refractivity contribution in [2.75, 3.05) is 0 Å². The topological polar surface area (TPSA) is 0 Å². The molecule has 0 nitrogen and oxygen atoms in total. The first kappa shape index (κ1) is 13.0. The highest BCUT2D eigenvalue weighted by Gasteiger charge is 1.99. The Morgan fingerprint density at radius 3 is 2.61 bits per heavy atom. The van der Waals surface area contributed by atoms with Gasteiger partial charge < -0.3 is 0 Å². The molecule has 0 aliphatic heterocycles. The van der Waals surface area contributed by atoms with Crippen LogP contribution in [0.3, 0.4) is 0 Å². The molecule has 0 N–H and O–H groups in total.